The van der Waals surface area contributed by atoms with Gasteiger partial charge in [-0.2, -0.15) is 0 Å². The van der Waals surface area contributed by atoms with E-state index in [4.69, 9.17) is 4.74 Å². The molecule has 0 aromatic heterocycles. The molecule has 2 saturated heterocycles. The Morgan fingerprint density at radius 3 is 2.52 bits per heavy atom. The van der Waals surface area contributed by atoms with Crippen molar-refractivity contribution in [3.8, 4) is 0 Å². The summed E-state index contributed by atoms with van der Waals surface area (Å²) in [5, 5.41) is 0. The second-order valence-corrected chi connectivity index (χ2v) is 7.63. The highest BCUT2D eigenvalue weighted by atomic mass is 16.6. The van der Waals surface area contributed by atoms with Crippen molar-refractivity contribution in [2.45, 2.75) is 57.7 Å². The van der Waals surface area contributed by atoms with E-state index in [1.54, 1.807) is 25.7 Å². The molecule has 0 aliphatic carbocycles. The lowest BCUT2D eigenvalue weighted by molar-refractivity contribution is -0.150. The monoisotopic (exact) mass is 344 g/mol. The van der Waals surface area contributed by atoms with Crippen molar-refractivity contribution in [2.24, 2.45) is 0 Å². The van der Waals surface area contributed by atoms with Gasteiger partial charge in [-0.15, -0.1) is 0 Å². The maximum Gasteiger partial charge on any atom is 0.417 e. The first kappa shape index (κ1) is 17.5. The Labute approximate surface area is 147 Å². The molecule has 134 valence electrons. The summed E-state index contributed by atoms with van der Waals surface area (Å²) in [5.41, 5.74) is 0.292. The minimum absolute atomic E-state index is 0.0110. The number of hydrogen-bond acceptors (Lipinski definition) is 4. The Morgan fingerprint density at radius 1 is 1.20 bits per heavy atom. The van der Waals surface area contributed by atoms with Gasteiger partial charge in [0.25, 0.3) is 5.91 Å². The van der Waals surface area contributed by atoms with Gasteiger partial charge in [0.2, 0.25) is 5.91 Å². The summed E-state index contributed by atoms with van der Waals surface area (Å²) in [6, 6.07) is 8.79. The minimum atomic E-state index is -0.672. The highest BCUT2D eigenvalue weighted by molar-refractivity contribution is 5.99. The Balaban J connectivity index is 1.86. The number of carbonyl (C=O) groups excluding carboxylic acids is 3. The number of rotatable bonds is 2. The van der Waals surface area contributed by atoms with Gasteiger partial charge in [0.15, 0.2) is 0 Å². The fraction of sp³-hybridized carbons (Fsp3) is 0.526. The Bertz CT molecular complexity index is 680. The first-order chi connectivity index (χ1) is 11.8. The van der Waals surface area contributed by atoms with Crippen molar-refractivity contribution < 1.29 is 19.1 Å². The molecule has 0 radical (unpaired) electrons. The van der Waals surface area contributed by atoms with E-state index in [1.165, 1.54) is 4.90 Å². The molecule has 0 unspecified atom stereocenters. The molecule has 0 N–H and O–H groups in total. The molecule has 1 aromatic carbocycles. The van der Waals surface area contributed by atoms with Crippen LogP contribution in [-0.4, -0.2) is 51.9 Å². The molecule has 6 nitrogen and oxygen atoms in total. The fourth-order valence-electron chi connectivity index (χ4n) is 3.47. The SMILES string of the molecule is CC(C)(C)OC(=O)N1C[C@H]2CCC(=O)N2[C@@H](Cc2ccccc2)C1=O. The summed E-state index contributed by atoms with van der Waals surface area (Å²) in [6.07, 6.45) is 0.859. The second-order valence-electron chi connectivity index (χ2n) is 7.63. The van der Waals surface area contributed by atoms with Crippen LogP contribution in [0, 0.1) is 0 Å². The van der Waals surface area contributed by atoms with Crippen LogP contribution in [0.3, 0.4) is 0 Å². The number of amides is 3. The highest BCUT2D eigenvalue weighted by Gasteiger charge is 2.48. The summed E-state index contributed by atoms with van der Waals surface area (Å²) >= 11 is 0. The van der Waals surface area contributed by atoms with Crippen LogP contribution in [0.5, 0.6) is 0 Å². The summed E-state index contributed by atoms with van der Waals surface area (Å²) in [7, 11) is 0. The van der Waals surface area contributed by atoms with Crippen molar-refractivity contribution in [1.29, 1.82) is 0 Å². The van der Waals surface area contributed by atoms with E-state index < -0.39 is 17.7 Å². The van der Waals surface area contributed by atoms with Crippen molar-refractivity contribution in [1.82, 2.24) is 9.80 Å². The van der Waals surface area contributed by atoms with Crippen LogP contribution in [0.4, 0.5) is 4.79 Å². The molecular formula is C19H24N2O4. The number of ether oxygens (including phenoxy) is 1. The molecule has 6 heteroatoms. The molecule has 25 heavy (non-hydrogen) atoms. The molecule has 2 heterocycles. The van der Waals surface area contributed by atoms with E-state index in [0.29, 0.717) is 19.3 Å². The third kappa shape index (κ3) is 3.67. The zero-order valence-corrected chi connectivity index (χ0v) is 14.9. The van der Waals surface area contributed by atoms with Crippen molar-refractivity contribution in [3.63, 3.8) is 0 Å². The molecule has 3 amide bonds. The Morgan fingerprint density at radius 2 is 1.88 bits per heavy atom. The molecule has 2 fully saturated rings. The zero-order valence-electron chi connectivity index (χ0n) is 14.9. The van der Waals surface area contributed by atoms with Crippen LogP contribution in [0.25, 0.3) is 0 Å². The lowest BCUT2D eigenvalue weighted by Gasteiger charge is -2.42. The lowest BCUT2D eigenvalue weighted by atomic mass is 9.99. The van der Waals surface area contributed by atoms with Gasteiger partial charge in [0.05, 0.1) is 12.6 Å². The van der Waals surface area contributed by atoms with Crippen molar-refractivity contribution >= 4 is 17.9 Å². The Hall–Kier alpha value is -2.37. The number of benzene rings is 1. The third-order valence-electron chi connectivity index (χ3n) is 4.54. The van der Waals surface area contributed by atoms with Gasteiger partial charge in [-0.25, -0.2) is 9.69 Å². The van der Waals surface area contributed by atoms with Gasteiger partial charge in [-0.05, 0) is 32.8 Å². The number of hydrogen-bond donors (Lipinski definition) is 0. The van der Waals surface area contributed by atoms with Crippen molar-refractivity contribution in [3.05, 3.63) is 35.9 Å². The third-order valence-corrected chi connectivity index (χ3v) is 4.54. The molecular weight excluding hydrogens is 320 g/mol. The van der Waals surface area contributed by atoms with Crippen LogP contribution in [0.2, 0.25) is 0 Å². The summed E-state index contributed by atoms with van der Waals surface area (Å²) in [4.78, 5) is 40.6. The minimum Gasteiger partial charge on any atom is -0.443 e. The van der Waals surface area contributed by atoms with E-state index in [-0.39, 0.29) is 24.4 Å². The lowest BCUT2D eigenvalue weighted by Crippen LogP contribution is -2.63. The number of piperazine rings is 1. The van der Waals surface area contributed by atoms with Gasteiger partial charge in [-0.1, -0.05) is 30.3 Å². The van der Waals surface area contributed by atoms with Crippen LogP contribution in [-0.2, 0) is 20.7 Å². The quantitative estimate of drug-likeness (QED) is 0.826. The Kier molecular flexibility index (Phi) is 4.54. The zero-order chi connectivity index (χ0) is 18.2. The van der Waals surface area contributed by atoms with Crippen LogP contribution < -0.4 is 0 Å². The predicted octanol–water partition coefficient (Wildman–Crippen LogP) is 2.37. The second kappa shape index (κ2) is 6.50. The molecule has 0 saturated carbocycles. The summed E-state index contributed by atoms with van der Waals surface area (Å²) < 4.78 is 5.38. The van der Waals surface area contributed by atoms with Gasteiger partial charge in [0.1, 0.15) is 11.6 Å². The van der Waals surface area contributed by atoms with Crippen LogP contribution in [0.1, 0.15) is 39.2 Å². The fourth-order valence-corrected chi connectivity index (χ4v) is 3.47. The normalized spacial score (nSPS) is 23.6. The first-order valence-corrected chi connectivity index (χ1v) is 8.66. The van der Waals surface area contributed by atoms with E-state index in [1.807, 2.05) is 30.3 Å². The van der Waals surface area contributed by atoms with E-state index >= 15 is 0 Å². The molecule has 0 bridgehead atoms. The maximum atomic E-state index is 13.0. The molecule has 2 aliphatic rings. The van der Waals surface area contributed by atoms with Gasteiger partial charge in [-0.3, -0.25) is 9.59 Å². The molecule has 2 atom stereocenters. The average molecular weight is 344 g/mol. The number of imide groups is 1. The highest BCUT2D eigenvalue weighted by Crippen LogP contribution is 2.30. The standard InChI is InChI=1S/C19H24N2O4/c1-19(2,3)25-18(24)20-12-14-9-10-16(22)21(14)15(17(20)23)11-13-7-5-4-6-8-13/h4-8,14-15H,9-12H2,1-3H3/t14-,15+/m1/s1. The van der Waals surface area contributed by atoms with Gasteiger partial charge >= 0.3 is 6.09 Å². The maximum absolute atomic E-state index is 13.0. The van der Waals surface area contributed by atoms with Gasteiger partial charge in [0, 0.05) is 12.8 Å². The van der Waals surface area contributed by atoms with Crippen LogP contribution >= 0.6 is 0 Å². The van der Waals surface area contributed by atoms with E-state index in [0.717, 1.165) is 5.56 Å². The number of carbonyl (C=O) groups is 3. The molecule has 1 aromatic rings. The number of fused-ring (bicyclic) bond motifs is 1. The largest absolute Gasteiger partial charge is 0.443 e. The average Bonchev–Trinajstić information content (AvgIpc) is 2.90. The van der Waals surface area contributed by atoms with Gasteiger partial charge < -0.3 is 9.64 Å². The predicted molar refractivity (Wildman–Crippen MR) is 91.7 cm³/mol. The molecule has 3 rings (SSSR count). The summed E-state index contributed by atoms with van der Waals surface area (Å²) in [6.45, 7) is 5.52. The number of nitrogens with zero attached hydrogens (tertiary/aromatic N) is 2. The topological polar surface area (TPSA) is 66.9 Å². The molecule has 0 spiro atoms. The first-order valence-electron chi connectivity index (χ1n) is 8.66. The molecule has 2 aliphatic heterocycles. The van der Waals surface area contributed by atoms with Crippen molar-refractivity contribution in [2.75, 3.05) is 6.54 Å². The summed E-state index contributed by atoms with van der Waals surface area (Å²) in [5.74, 6) is -0.368. The van der Waals surface area contributed by atoms with Crippen LogP contribution in [0.15, 0.2) is 30.3 Å². The smallest absolute Gasteiger partial charge is 0.417 e. The van der Waals surface area contributed by atoms with E-state index in [9.17, 15) is 14.4 Å². The van der Waals surface area contributed by atoms with E-state index in [2.05, 4.69) is 0 Å².